The molecule has 4 rings (SSSR count). The van der Waals surface area contributed by atoms with Crippen molar-refractivity contribution in [3.63, 3.8) is 0 Å². The maximum atomic E-state index is 5.98. The second-order valence-corrected chi connectivity index (χ2v) is 8.60. The summed E-state index contributed by atoms with van der Waals surface area (Å²) in [4.78, 5) is 7.23. The van der Waals surface area contributed by atoms with Gasteiger partial charge in [-0.15, -0.1) is 0 Å². The van der Waals surface area contributed by atoms with Crippen molar-refractivity contribution < 1.29 is 4.74 Å². The lowest BCUT2D eigenvalue weighted by molar-refractivity contribution is -0.168. The number of hydrogen-bond acceptors (Lipinski definition) is 3. The number of aliphatic imine (C=N–C) groups is 1. The molecule has 4 fully saturated rings. The highest BCUT2D eigenvalue weighted by Gasteiger charge is 2.59. The zero-order chi connectivity index (χ0) is 17.3. The molecule has 0 radical (unpaired) electrons. The van der Waals surface area contributed by atoms with Crippen LogP contribution >= 0.6 is 0 Å². The Kier molecular flexibility index (Phi) is 5.23. The average Bonchev–Trinajstić information content (AvgIpc) is 3.22. The van der Waals surface area contributed by atoms with Gasteiger partial charge in [0, 0.05) is 50.3 Å². The molecule has 5 nitrogen and oxygen atoms in total. The minimum absolute atomic E-state index is 0.388. The van der Waals surface area contributed by atoms with Gasteiger partial charge >= 0.3 is 0 Å². The molecule has 1 heterocycles. The highest BCUT2D eigenvalue weighted by molar-refractivity contribution is 5.80. The highest BCUT2D eigenvalue weighted by atomic mass is 16.5. The van der Waals surface area contributed by atoms with Gasteiger partial charge in [-0.05, 0) is 45.4 Å². The number of ether oxygens (including phenoxy) is 1. The van der Waals surface area contributed by atoms with Crippen LogP contribution in [0.25, 0.3) is 0 Å². The molecule has 0 bridgehead atoms. The van der Waals surface area contributed by atoms with Crippen LogP contribution in [-0.4, -0.2) is 61.8 Å². The molecular weight excluding hydrogens is 312 g/mol. The van der Waals surface area contributed by atoms with Crippen molar-refractivity contribution in [2.75, 3.05) is 26.7 Å². The molecule has 0 amide bonds. The summed E-state index contributed by atoms with van der Waals surface area (Å²) in [6, 6.07) is 1.93. The first-order valence-electron chi connectivity index (χ1n) is 10.6. The molecule has 0 aromatic rings. The number of nitrogens with zero attached hydrogens (tertiary/aromatic N) is 2. The van der Waals surface area contributed by atoms with Crippen molar-refractivity contribution >= 4 is 5.96 Å². The van der Waals surface area contributed by atoms with Gasteiger partial charge in [-0.25, -0.2) is 0 Å². The maximum absolute atomic E-state index is 5.98. The number of guanidine groups is 1. The van der Waals surface area contributed by atoms with Crippen LogP contribution in [0.1, 0.15) is 64.7 Å². The first-order valence-corrected chi connectivity index (χ1v) is 10.6. The van der Waals surface area contributed by atoms with Crippen LogP contribution in [0.4, 0.5) is 0 Å². The first-order chi connectivity index (χ1) is 12.2. The van der Waals surface area contributed by atoms with Gasteiger partial charge in [0.05, 0.1) is 6.10 Å². The van der Waals surface area contributed by atoms with E-state index in [0.717, 1.165) is 25.0 Å². The summed E-state index contributed by atoms with van der Waals surface area (Å²) in [6.45, 7) is 5.39. The zero-order valence-corrected chi connectivity index (χ0v) is 16.1. The van der Waals surface area contributed by atoms with E-state index in [1.54, 1.807) is 0 Å². The van der Waals surface area contributed by atoms with E-state index < -0.39 is 0 Å². The Morgan fingerprint density at radius 3 is 2.60 bits per heavy atom. The molecule has 3 unspecified atom stereocenters. The van der Waals surface area contributed by atoms with Gasteiger partial charge in [-0.3, -0.25) is 9.89 Å². The molecule has 3 saturated carbocycles. The van der Waals surface area contributed by atoms with E-state index in [0.29, 0.717) is 23.6 Å². The minimum atomic E-state index is 0.388. The third-order valence-electron chi connectivity index (χ3n) is 7.37. The van der Waals surface area contributed by atoms with Crippen molar-refractivity contribution in [2.45, 2.75) is 88.9 Å². The predicted octanol–water partition coefficient (Wildman–Crippen LogP) is 2.52. The smallest absolute Gasteiger partial charge is 0.191 e. The minimum Gasteiger partial charge on any atom is -0.378 e. The SMILES string of the molecule is CCOC1CC(NC(=NC)NC2CCN(C3CCCC3)C2)C12CCC2. The van der Waals surface area contributed by atoms with Crippen molar-refractivity contribution in [1.29, 1.82) is 0 Å². The largest absolute Gasteiger partial charge is 0.378 e. The van der Waals surface area contributed by atoms with E-state index in [2.05, 4.69) is 27.4 Å². The van der Waals surface area contributed by atoms with Gasteiger partial charge in [-0.1, -0.05) is 19.3 Å². The fourth-order valence-corrected chi connectivity index (χ4v) is 5.68. The topological polar surface area (TPSA) is 48.9 Å². The fraction of sp³-hybridized carbons (Fsp3) is 0.950. The van der Waals surface area contributed by atoms with E-state index in [1.165, 1.54) is 64.5 Å². The van der Waals surface area contributed by atoms with Crippen molar-refractivity contribution in [3.05, 3.63) is 0 Å². The number of likely N-dealkylation sites (tertiary alicyclic amines) is 1. The molecule has 0 aromatic carbocycles. The van der Waals surface area contributed by atoms with Crippen molar-refractivity contribution in [3.8, 4) is 0 Å². The van der Waals surface area contributed by atoms with Crippen molar-refractivity contribution in [1.82, 2.24) is 15.5 Å². The summed E-state index contributed by atoms with van der Waals surface area (Å²) in [5.74, 6) is 1.00. The Labute approximate surface area is 153 Å². The molecule has 1 saturated heterocycles. The van der Waals surface area contributed by atoms with Gasteiger partial charge in [0.2, 0.25) is 0 Å². The lowest BCUT2D eigenvalue weighted by Crippen LogP contribution is -2.69. The summed E-state index contributed by atoms with van der Waals surface area (Å²) >= 11 is 0. The molecular formula is C20H36N4O. The van der Waals surface area contributed by atoms with Gasteiger partial charge in [0.25, 0.3) is 0 Å². The van der Waals surface area contributed by atoms with Crippen molar-refractivity contribution in [2.24, 2.45) is 10.4 Å². The lowest BCUT2D eigenvalue weighted by Gasteiger charge is -2.61. The molecule has 1 spiro atoms. The summed E-state index contributed by atoms with van der Waals surface area (Å²) in [7, 11) is 1.91. The zero-order valence-electron chi connectivity index (χ0n) is 16.1. The van der Waals surface area contributed by atoms with Crippen LogP contribution in [-0.2, 0) is 4.74 Å². The molecule has 25 heavy (non-hydrogen) atoms. The first kappa shape index (κ1) is 17.6. The molecule has 3 aliphatic carbocycles. The third-order valence-corrected chi connectivity index (χ3v) is 7.37. The summed E-state index contributed by atoms with van der Waals surface area (Å²) < 4.78 is 5.98. The number of rotatable bonds is 5. The maximum Gasteiger partial charge on any atom is 0.191 e. The lowest BCUT2D eigenvalue weighted by atomic mass is 9.51. The fourth-order valence-electron chi connectivity index (χ4n) is 5.68. The number of nitrogens with one attached hydrogen (secondary N) is 2. The summed E-state index contributed by atoms with van der Waals surface area (Å²) in [5.41, 5.74) is 0.388. The molecule has 2 N–H and O–H groups in total. The Hall–Kier alpha value is -0.810. The Balaban J connectivity index is 1.27. The summed E-state index contributed by atoms with van der Waals surface area (Å²) in [6.07, 6.45) is 12.5. The van der Waals surface area contributed by atoms with Crippen LogP contribution < -0.4 is 10.6 Å². The van der Waals surface area contributed by atoms with Crippen LogP contribution in [0, 0.1) is 5.41 Å². The highest BCUT2D eigenvalue weighted by Crippen LogP contribution is 2.57. The summed E-state index contributed by atoms with van der Waals surface area (Å²) in [5, 5.41) is 7.44. The van der Waals surface area contributed by atoms with Gasteiger partial charge in [0.15, 0.2) is 5.96 Å². The molecule has 4 aliphatic rings. The van der Waals surface area contributed by atoms with Gasteiger partial charge in [0.1, 0.15) is 0 Å². The number of hydrogen-bond donors (Lipinski definition) is 2. The molecule has 3 atom stereocenters. The Bertz CT molecular complexity index is 484. The second kappa shape index (κ2) is 7.43. The van der Waals surface area contributed by atoms with E-state index in [4.69, 9.17) is 4.74 Å². The quantitative estimate of drug-likeness (QED) is 0.592. The van der Waals surface area contributed by atoms with Crippen LogP contribution in [0.2, 0.25) is 0 Å². The van der Waals surface area contributed by atoms with E-state index >= 15 is 0 Å². The van der Waals surface area contributed by atoms with Crippen LogP contribution in [0.3, 0.4) is 0 Å². The third kappa shape index (κ3) is 3.30. The molecule has 0 aromatic heterocycles. The Morgan fingerprint density at radius 2 is 1.96 bits per heavy atom. The normalized spacial score (nSPS) is 35.6. The second-order valence-electron chi connectivity index (χ2n) is 8.60. The van der Waals surface area contributed by atoms with E-state index in [9.17, 15) is 0 Å². The van der Waals surface area contributed by atoms with Gasteiger partial charge < -0.3 is 15.4 Å². The van der Waals surface area contributed by atoms with E-state index in [-0.39, 0.29) is 0 Å². The van der Waals surface area contributed by atoms with Crippen LogP contribution in [0.15, 0.2) is 4.99 Å². The molecule has 142 valence electrons. The van der Waals surface area contributed by atoms with Crippen LogP contribution in [0.5, 0.6) is 0 Å². The molecule has 5 heteroatoms. The Morgan fingerprint density at radius 1 is 1.16 bits per heavy atom. The van der Waals surface area contributed by atoms with Gasteiger partial charge in [-0.2, -0.15) is 0 Å². The average molecular weight is 349 g/mol. The van der Waals surface area contributed by atoms with E-state index in [1.807, 2.05) is 7.05 Å². The molecule has 1 aliphatic heterocycles. The standard InChI is InChI=1S/C20H36N4O/c1-3-25-18-13-17(20(18)10-6-11-20)23-19(21-2)22-15-9-12-24(14-15)16-7-4-5-8-16/h15-18H,3-14H2,1-2H3,(H2,21,22,23). The monoisotopic (exact) mass is 348 g/mol. The predicted molar refractivity (Wildman–Crippen MR) is 102 cm³/mol.